The molecule has 2 fully saturated rings. The SMILES string of the molecule is C1CCC1.C=CCNC(=O)C(=O)C(CCC)NC=O.CC(C)C1CC(C)N(C(=O)C(NC(=O)NCC(=O)OCc2ccccc2)C(C)(C)C)C1. The zero-order chi connectivity index (χ0) is 37.7. The normalized spacial score (nSPS) is 17.6. The number of ether oxygens (including phenoxy) is 1. The van der Waals surface area contributed by atoms with Gasteiger partial charge in [0.25, 0.3) is 5.91 Å². The van der Waals surface area contributed by atoms with E-state index in [1.165, 1.54) is 31.8 Å². The standard InChI is InChI=1S/C24H37N3O4.C10H16N2O3.C4H8/c1-16(2)19-12-17(3)27(14-19)22(29)21(24(4,5)6)26-23(30)25-13-20(28)31-15-18-10-8-7-9-11-18;1-3-5-8(12-7-13)9(14)10(15)11-6-4-2;1-2-4-3-1/h7-11,16-17,19,21H,12-15H2,1-6H3,(H2,25,26,30);4,7-8H,2-3,5-6H2,1H3,(H,11,15)(H,12,13);1-4H2. The number of Topliss-reactive ketones (excluding diaryl/α,β-unsaturated/α-hetero) is 1. The average molecular weight is 700 g/mol. The maximum atomic E-state index is 13.3. The lowest BCUT2D eigenvalue weighted by atomic mass is 9.85. The Morgan fingerprint density at radius 1 is 1.02 bits per heavy atom. The van der Waals surface area contributed by atoms with Gasteiger partial charge in [0, 0.05) is 19.1 Å². The van der Waals surface area contributed by atoms with Crippen LogP contribution < -0.4 is 21.3 Å². The molecule has 1 aliphatic carbocycles. The number of carbonyl (C=O) groups excluding carboxylic acids is 6. The first-order valence-electron chi connectivity index (χ1n) is 17.8. The smallest absolute Gasteiger partial charge is 0.325 e. The first-order chi connectivity index (χ1) is 23.7. The van der Waals surface area contributed by atoms with Crippen LogP contribution in [0.25, 0.3) is 0 Å². The molecule has 4 unspecified atom stereocenters. The number of ketones is 1. The van der Waals surface area contributed by atoms with Gasteiger partial charge in [-0.1, -0.05) is 110 Å². The minimum Gasteiger partial charge on any atom is -0.460 e. The van der Waals surface area contributed by atoms with Gasteiger partial charge in [-0.3, -0.25) is 24.0 Å². The van der Waals surface area contributed by atoms with Crippen molar-refractivity contribution in [1.29, 1.82) is 0 Å². The van der Waals surface area contributed by atoms with Gasteiger partial charge < -0.3 is 30.9 Å². The number of esters is 1. The third kappa shape index (κ3) is 16.5. The first kappa shape index (κ1) is 43.8. The maximum absolute atomic E-state index is 13.3. The van der Waals surface area contributed by atoms with Gasteiger partial charge in [-0.2, -0.15) is 0 Å². The molecule has 4 atom stereocenters. The van der Waals surface area contributed by atoms with Crippen molar-refractivity contribution < 1.29 is 33.5 Å². The number of nitrogens with one attached hydrogen (secondary N) is 4. The summed E-state index contributed by atoms with van der Waals surface area (Å²) < 4.78 is 5.17. The molecule has 1 saturated heterocycles. The third-order valence-electron chi connectivity index (χ3n) is 8.65. The Hall–Kier alpha value is -4.22. The van der Waals surface area contributed by atoms with Gasteiger partial charge in [-0.25, -0.2) is 4.79 Å². The van der Waals surface area contributed by atoms with Crippen molar-refractivity contribution in [2.24, 2.45) is 17.3 Å². The first-order valence-corrected chi connectivity index (χ1v) is 17.8. The number of nitrogens with zero attached hydrogens (tertiary/aromatic N) is 1. The number of hydrogen-bond donors (Lipinski definition) is 4. The fourth-order valence-corrected chi connectivity index (χ4v) is 5.12. The predicted octanol–water partition coefficient (Wildman–Crippen LogP) is 4.67. The van der Waals surface area contributed by atoms with Gasteiger partial charge in [0.05, 0.1) is 6.04 Å². The zero-order valence-corrected chi connectivity index (χ0v) is 31.2. The highest BCUT2D eigenvalue weighted by molar-refractivity contribution is 6.38. The Kier molecular flexibility index (Phi) is 20.4. The van der Waals surface area contributed by atoms with Crippen molar-refractivity contribution in [3.05, 3.63) is 48.6 Å². The van der Waals surface area contributed by atoms with Crippen LogP contribution in [0.5, 0.6) is 0 Å². The predicted molar refractivity (Wildman–Crippen MR) is 195 cm³/mol. The molecule has 1 saturated carbocycles. The second kappa shape index (κ2) is 23.2. The molecule has 5 amide bonds. The number of urea groups is 1. The number of hydrogen-bond acceptors (Lipinski definition) is 7. The second-order valence-corrected chi connectivity index (χ2v) is 14.3. The van der Waals surface area contributed by atoms with Gasteiger partial charge >= 0.3 is 12.0 Å². The number of benzene rings is 1. The number of rotatable bonds is 15. The van der Waals surface area contributed by atoms with Crippen molar-refractivity contribution in [3.8, 4) is 0 Å². The van der Waals surface area contributed by atoms with Crippen LogP contribution in [0, 0.1) is 17.3 Å². The molecule has 0 spiro atoms. The highest BCUT2D eigenvalue weighted by atomic mass is 16.5. The lowest BCUT2D eigenvalue weighted by molar-refractivity contribution is -0.143. The second-order valence-electron chi connectivity index (χ2n) is 14.3. The van der Waals surface area contributed by atoms with Crippen LogP contribution in [0.2, 0.25) is 0 Å². The van der Waals surface area contributed by atoms with E-state index in [1.54, 1.807) is 0 Å². The van der Waals surface area contributed by atoms with Gasteiger partial charge in [0.15, 0.2) is 0 Å². The van der Waals surface area contributed by atoms with E-state index in [9.17, 15) is 28.8 Å². The number of likely N-dealkylation sites (tertiary alicyclic amines) is 1. The molecule has 1 aromatic rings. The topological polar surface area (TPSA) is 163 Å². The maximum Gasteiger partial charge on any atom is 0.325 e. The summed E-state index contributed by atoms with van der Waals surface area (Å²) in [5, 5.41) is 9.98. The van der Waals surface area contributed by atoms with Crippen molar-refractivity contribution in [1.82, 2.24) is 26.2 Å². The fourth-order valence-electron chi connectivity index (χ4n) is 5.12. The van der Waals surface area contributed by atoms with Crippen LogP contribution in [-0.2, 0) is 35.3 Å². The van der Waals surface area contributed by atoms with Crippen molar-refractivity contribution in [2.75, 3.05) is 19.6 Å². The lowest BCUT2D eigenvalue weighted by Gasteiger charge is -2.35. The van der Waals surface area contributed by atoms with Gasteiger partial charge in [0.1, 0.15) is 19.2 Å². The van der Waals surface area contributed by atoms with E-state index in [-0.39, 0.29) is 31.6 Å². The van der Waals surface area contributed by atoms with Crippen LogP contribution in [0.3, 0.4) is 0 Å². The number of carbonyl (C=O) groups is 6. The van der Waals surface area contributed by atoms with Crippen LogP contribution >= 0.6 is 0 Å². The monoisotopic (exact) mass is 699 g/mol. The van der Waals surface area contributed by atoms with E-state index >= 15 is 0 Å². The molecule has 1 aromatic carbocycles. The van der Waals surface area contributed by atoms with E-state index in [0.29, 0.717) is 37.6 Å². The summed E-state index contributed by atoms with van der Waals surface area (Å²) >= 11 is 0. The molecule has 3 rings (SSSR count). The third-order valence-corrected chi connectivity index (χ3v) is 8.65. The summed E-state index contributed by atoms with van der Waals surface area (Å²) in [6, 6.07) is 7.49. The van der Waals surface area contributed by atoms with Gasteiger partial charge in [-0.05, 0) is 42.6 Å². The molecule has 0 bridgehead atoms. The van der Waals surface area contributed by atoms with Gasteiger partial charge in [0.2, 0.25) is 18.1 Å². The Bertz CT molecular complexity index is 1220. The van der Waals surface area contributed by atoms with Crippen molar-refractivity contribution in [3.63, 3.8) is 0 Å². The summed E-state index contributed by atoms with van der Waals surface area (Å²) in [5.41, 5.74) is 0.399. The van der Waals surface area contributed by atoms with Crippen LogP contribution in [0.1, 0.15) is 99.0 Å². The highest BCUT2D eigenvalue weighted by Gasteiger charge is 2.41. The lowest BCUT2D eigenvalue weighted by Crippen LogP contribution is -2.57. The fraction of sp³-hybridized carbons (Fsp3) is 0.632. The molecular formula is C38H61N5O7. The molecule has 0 radical (unpaired) electrons. The quantitative estimate of drug-likeness (QED) is 0.0895. The minimum absolute atomic E-state index is 0.0787. The summed E-state index contributed by atoms with van der Waals surface area (Å²) in [5.74, 6) is -0.955. The Morgan fingerprint density at radius 2 is 1.64 bits per heavy atom. The van der Waals surface area contributed by atoms with Gasteiger partial charge in [-0.15, -0.1) is 6.58 Å². The van der Waals surface area contributed by atoms with E-state index < -0.39 is 41.2 Å². The average Bonchev–Trinajstić information content (AvgIpc) is 3.44. The van der Waals surface area contributed by atoms with E-state index in [1.807, 2.05) is 62.9 Å². The Morgan fingerprint density at radius 3 is 2.12 bits per heavy atom. The minimum atomic E-state index is -0.725. The summed E-state index contributed by atoms with van der Waals surface area (Å²) in [4.78, 5) is 72.5. The summed E-state index contributed by atoms with van der Waals surface area (Å²) in [6.45, 7) is 18.3. The molecule has 12 nitrogen and oxygen atoms in total. The molecule has 1 heterocycles. The molecule has 280 valence electrons. The van der Waals surface area contributed by atoms with E-state index in [0.717, 1.165) is 12.0 Å². The molecule has 0 aromatic heterocycles. The zero-order valence-electron chi connectivity index (χ0n) is 31.2. The molecule has 1 aliphatic heterocycles. The molecule has 2 aliphatic rings. The summed E-state index contributed by atoms with van der Waals surface area (Å²) in [7, 11) is 0. The van der Waals surface area contributed by atoms with Crippen LogP contribution in [0.15, 0.2) is 43.0 Å². The number of amides is 5. The molecule has 4 N–H and O–H groups in total. The summed E-state index contributed by atoms with van der Waals surface area (Å²) in [6.07, 6.45) is 10.1. The Balaban J connectivity index is 0.000000543. The van der Waals surface area contributed by atoms with Crippen molar-refractivity contribution in [2.45, 2.75) is 118 Å². The van der Waals surface area contributed by atoms with Crippen LogP contribution in [0.4, 0.5) is 4.79 Å². The Labute approximate surface area is 298 Å². The molecule has 50 heavy (non-hydrogen) atoms. The van der Waals surface area contributed by atoms with Crippen molar-refractivity contribution >= 4 is 36.0 Å². The highest BCUT2D eigenvalue weighted by Crippen LogP contribution is 2.31. The molecular weight excluding hydrogens is 638 g/mol. The van der Waals surface area contributed by atoms with E-state index in [2.05, 4.69) is 48.6 Å². The van der Waals surface area contributed by atoms with Crippen LogP contribution in [-0.4, -0.2) is 78.7 Å². The van der Waals surface area contributed by atoms with E-state index in [4.69, 9.17) is 4.74 Å². The molecule has 12 heteroatoms. The largest absolute Gasteiger partial charge is 0.460 e.